The van der Waals surface area contributed by atoms with Crippen molar-refractivity contribution in [2.75, 3.05) is 0 Å². The van der Waals surface area contributed by atoms with Gasteiger partial charge in [-0.3, -0.25) is 4.79 Å². The second-order valence-electron chi connectivity index (χ2n) is 8.68. The zero-order valence-corrected chi connectivity index (χ0v) is 18.4. The first-order valence-electron chi connectivity index (χ1n) is 10.5. The summed E-state index contributed by atoms with van der Waals surface area (Å²) in [6.45, 7) is 5.56. The van der Waals surface area contributed by atoms with E-state index in [1.165, 1.54) is 0 Å². The van der Waals surface area contributed by atoms with Crippen LogP contribution >= 0.6 is 0 Å². The van der Waals surface area contributed by atoms with Crippen LogP contribution in [0.3, 0.4) is 0 Å². The summed E-state index contributed by atoms with van der Waals surface area (Å²) in [6, 6.07) is 14.7. The van der Waals surface area contributed by atoms with Gasteiger partial charge in [-0.1, -0.05) is 30.3 Å². The average Bonchev–Trinajstić information content (AvgIpc) is 3.34. The van der Waals surface area contributed by atoms with Gasteiger partial charge in [-0.05, 0) is 44.5 Å². The molecule has 32 heavy (non-hydrogen) atoms. The van der Waals surface area contributed by atoms with Crippen molar-refractivity contribution in [2.24, 2.45) is 0 Å². The van der Waals surface area contributed by atoms with Crippen LogP contribution < -0.4 is 10.6 Å². The standard InChI is InChI=1S/C24H27N5O3/c1-24(2,3)32-23(31)29-20(12-15-13-25-17-9-5-4-8-16(15)17)22(30)26-14-21-27-18-10-6-7-11-19(18)28-21/h4-11,13,20,25H,12,14H2,1-3H3,(H,26,30)(H,27,28)(H,29,31)/t20-/m0/s1. The number of carbonyl (C=O) groups excluding carboxylic acids is 2. The van der Waals surface area contributed by atoms with E-state index in [1.54, 1.807) is 20.8 Å². The molecule has 0 saturated carbocycles. The Kier molecular flexibility index (Phi) is 5.85. The molecule has 0 aliphatic rings. The van der Waals surface area contributed by atoms with Gasteiger partial charge in [0.25, 0.3) is 0 Å². The van der Waals surface area contributed by atoms with Gasteiger partial charge < -0.3 is 25.3 Å². The summed E-state index contributed by atoms with van der Waals surface area (Å²) in [7, 11) is 0. The number of aromatic amines is 2. The summed E-state index contributed by atoms with van der Waals surface area (Å²) in [5.74, 6) is 0.323. The molecular weight excluding hydrogens is 406 g/mol. The number of hydrogen-bond acceptors (Lipinski definition) is 4. The van der Waals surface area contributed by atoms with Crippen LogP contribution in [0.15, 0.2) is 54.7 Å². The molecule has 2 aromatic carbocycles. The highest BCUT2D eigenvalue weighted by molar-refractivity contribution is 5.88. The van der Waals surface area contributed by atoms with E-state index in [0.29, 0.717) is 12.2 Å². The largest absolute Gasteiger partial charge is 0.444 e. The fraction of sp³-hybridized carbons (Fsp3) is 0.292. The molecule has 0 radical (unpaired) electrons. The van der Waals surface area contributed by atoms with Crippen LogP contribution in [0, 0.1) is 0 Å². The van der Waals surface area contributed by atoms with Crippen LogP contribution in [0.1, 0.15) is 32.2 Å². The van der Waals surface area contributed by atoms with Gasteiger partial charge in [0.2, 0.25) is 5.91 Å². The maximum atomic E-state index is 13.1. The topological polar surface area (TPSA) is 112 Å². The van der Waals surface area contributed by atoms with E-state index in [2.05, 4.69) is 25.6 Å². The Morgan fingerprint density at radius 2 is 1.78 bits per heavy atom. The molecule has 4 N–H and O–H groups in total. The number of aromatic nitrogens is 3. The summed E-state index contributed by atoms with van der Waals surface area (Å²) in [5.41, 5.74) is 2.97. The molecule has 166 valence electrons. The van der Waals surface area contributed by atoms with Gasteiger partial charge in [-0.2, -0.15) is 0 Å². The predicted octanol–water partition coefficient (Wildman–Crippen LogP) is 3.80. The van der Waals surface area contributed by atoms with E-state index in [1.807, 2.05) is 54.7 Å². The van der Waals surface area contributed by atoms with Crippen molar-refractivity contribution >= 4 is 33.9 Å². The van der Waals surface area contributed by atoms with Gasteiger partial charge in [-0.15, -0.1) is 0 Å². The SMILES string of the molecule is CC(C)(C)OC(=O)N[C@@H](Cc1c[nH]c2ccccc12)C(=O)NCc1nc2ccccc2[nH]1. The Labute approximate surface area is 185 Å². The molecule has 0 aliphatic carbocycles. The van der Waals surface area contributed by atoms with Gasteiger partial charge in [-0.25, -0.2) is 9.78 Å². The maximum Gasteiger partial charge on any atom is 0.408 e. The molecule has 0 fully saturated rings. The van der Waals surface area contributed by atoms with E-state index in [-0.39, 0.29) is 12.5 Å². The third kappa shape index (κ3) is 5.08. The second-order valence-corrected chi connectivity index (χ2v) is 8.68. The fourth-order valence-electron chi connectivity index (χ4n) is 3.56. The summed E-state index contributed by atoms with van der Waals surface area (Å²) in [6.07, 6.45) is 1.54. The predicted molar refractivity (Wildman–Crippen MR) is 123 cm³/mol. The van der Waals surface area contributed by atoms with Gasteiger partial charge in [0.05, 0.1) is 17.6 Å². The molecule has 8 heteroatoms. The molecule has 0 unspecified atom stereocenters. The summed E-state index contributed by atoms with van der Waals surface area (Å²) in [4.78, 5) is 36.4. The number of alkyl carbamates (subject to hydrolysis) is 1. The minimum absolute atomic E-state index is 0.216. The number of carbonyl (C=O) groups is 2. The Hall–Kier alpha value is -3.81. The van der Waals surface area contributed by atoms with Crippen molar-refractivity contribution in [3.05, 3.63) is 66.1 Å². The Bertz CT molecular complexity index is 1220. The van der Waals surface area contributed by atoms with Crippen LogP contribution in [-0.4, -0.2) is 38.6 Å². The number of benzene rings is 2. The van der Waals surface area contributed by atoms with Gasteiger partial charge in [0.15, 0.2) is 0 Å². The van der Waals surface area contributed by atoms with Crippen LogP contribution in [0.5, 0.6) is 0 Å². The third-order valence-electron chi connectivity index (χ3n) is 4.97. The first kappa shape index (κ1) is 21.4. The number of H-pyrrole nitrogens is 2. The normalized spacial score (nSPS) is 12.6. The van der Waals surface area contributed by atoms with Crippen LogP contribution in [-0.2, 0) is 22.5 Å². The van der Waals surface area contributed by atoms with Crippen molar-refractivity contribution < 1.29 is 14.3 Å². The van der Waals surface area contributed by atoms with Crippen LogP contribution in [0.2, 0.25) is 0 Å². The smallest absolute Gasteiger partial charge is 0.408 e. The lowest BCUT2D eigenvalue weighted by molar-refractivity contribution is -0.123. The monoisotopic (exact) mass is 433 g/mol. The number of hydrogen-bond donors (Lipinski definition) is 4. The van der Waals surface area contributed by atoms with E-state index in [4.69, 9.17) is 4.74 Å². The van der Waals surface area contributed by atoms with Gasteiger partial charge >= 0.3 is 6.09 Å². The molecule has 2 heterocycles. The molecule has 0 bridgehead atoms. The van der Waals surface area contributed by atoms with Crippen molar-refractivity contribution in [1.82, 2.24) is 25.6 Å². The molecule has 8 nitrogen and oxygen atoms in total. The third-order valence-corrected chi connectivity index (χ3v) is 4.97. The molecule has 2 amide bonds. The lowest BCUT2D eigenvalue weighted by atomic mass is 10.0. The second kappa shape index (κ2) is 8.74. The van der Waals surface area contributed by atoms with E-state index in [9.17, 15) is 9.59 Å². The minimum Gasteiger partial charge on any atom is -0.444 e. The highest BCUT2D eigenvalue weighted by atomic mass is 16.6. The van der Waals surface area contributed by atoms with Gasteiger partial charge in [0, 0.05) is 23.5 Å². The highest BCUT2D eigenvalue weighted by Gasteiger charge is 2.25. The highest BCUT2D eigenvalue weighted by Crippen LogP contribution is 2.19. The number of rotatable bonds is 6. The molecule has 0 spiro atoms. The zero-order valence-electron chi connectivity index (χ0n) is 18.4. The van der Waals surface area contributed by atoms with E-state index < -0.39 is 17.7 Å². The first-order valence-corrected chi connectivity index (χ1v) is 10.5. The van der Waals surface area contributed by atoms with E-state index >= 15 is 0 Å². The number of imidazole rings is 1. The molecular formula is C24H27N5O3. The average molecular weight is 434 g/mol. The lowest BCUT2D eigenvalue weighted by Crippen LogP contribution is -2.49. The summed E-state index contributed by atoms with van der Waals surface area (Å²) < 4.78 is 5.37. The van der Waals surface area contributed by atoms with Crippen LogP contribution in [0.4, 0.5) is 4.79 Å². The molecule has 4 rings (SSSR count). The number of fused-ring (bicyclic) bond motifs is 2. The number of ether oxygens (including phenoxy) is 1. The number of para-hydroxylation sites is 3. The Morgan fingerprint density at radius 3 is 2.53 bits per heavy atom. The van der Waals surface area contributed by atoms with Crippen molar-refractivity contribution in [3.63, 3.8) is 0 Å². The maximum absolute atomic E-state index is 13.1. The number of amides is 2. The first-order chi connectivity index (χ1) is 15.3. The Balaban J connectivity index is 1.50. The zero-order chi connectivity index (χ0) is 22.7. The quantitative estimate of drug-likeness (QED) is 0.371. The van der Waals surface area contributed by atoms with E-state index in [0.717, 1.165) is 27.5 Å². The summed E-state index contributed by atoms with van der Waals surface area (Å²) >= 11 is 0. The molecule has 1 atom stereocenters. The summed E-state index contributed by atoms with van der Waals surface area (Å²) in [5, 5.41) is 6.60. The van der Waals surface area contributed by atoms with Crippen molar-refractivity contribution in [3.8, 4) is 0 Å². The molecule has 0 saturated heterocycles. The van der Waals surface area contributed by atoms with Crippen molar-refractivity contribution in [2.45, 2.75) is 45.4 Å². The molecule has 0 aliphatic heterocycles. The molecule has 2 aromatic heterocycles. The van der Waals surface area contributed by atoms with Crippen molar-refractivity contribution in [1.29, 1.82) is 0 Å². The Morgan fingerprint density at radius 1 is 1.06 bits per heavy atom. The minimum atomic E-state index is -0.812. The lowest BCUT2D eigenvalue weighted by Gasteiger charge is -2.23. The number of nitrogens with one attached hydrogen (secondary N) is 4. The molecule has 4 aromatic rings. The number of nitrogens with zero attached hydrogens (tertiary/aromatic N) is 1. The van der Waals surface area contributed by atoms with Gasteiger partial charge in [0.1, 0.15) is 17.5 Å². The van der Waals surface area contributed by atoms with Crippen LogP contribution in [0.25, 0.3) is 21.9 Å². The fourth-order valence-corrected chi connectivity index (χ4v) is 3.56.